The molecule has 0 spiro atoms. The van der Waals surface area contributed by atoms with Crippen molar-refractivity contribution in [3.8, 4) is 0 Å². The smallest absolute Gasteiger partial charge is 0.337 e. The van der Waals surface area contributed by atoms with Crippen LogP contribution in [0.1, 0.15) is 38.1 Å². The predicted octanol–water partition coefficient (Wildman–Crippen LogP) is 3.22. The highest BCUT2D eigenvalue weighted by atomic mass is 79.9. The molecule has 5 rings (SSSR count). The Morgan fingerprint density at radius 2 is 1.82 bits per heavy atom. The number of morpholine rings is 1. The number of amides is 1. The van der Waals surface area contributed by atoms with Crippen molar-refractivity contribution >= 4 is 38.8 Å². The van der Waals surface area contributed by atoms with Crippen LogP contribution in [0.2, 0.25) is 0 Å². The Morgan fingerprint density at radius 1 is 1.09 bits per heavy atom. The second kappa shape index (κ2) is 9.32. The molecule has 3 heterocycles. The van der Waals surface area contributed by atoms with Crippen molar-refractivity contribution in [1.82, 2.24) is 9.80 Å². The summed E-state index contributed by atoms with van der Waals surface area (Å²) in [5, 5.41) is 0.409. The van der Waals surface area contributed by atoms with Crippen LogP contribution in [0.25, 0.3) is 11.0 Å². The van der Waals surface area contributed by atoms with E-state index >= 15 is 0 Å². The van der Waals surface area contributed by atoms with Crippen LogP contribution in [-0.4, -0.2) is 68.2 Å². The Balaban J connectivity index is 1.59. The number of hydrogen-bond donors (Lipinski definition) is 0. The summed E-state index contributed by atoms with van der Waals surface area (Å²) in [6.45, 7) is 3.98. The number of carbonyl (C=O) groups is 2. The normalized spacial score (nSPS) is 18.4. The van der Waals surface area contributed by atoms with Crippen molar-refractivity contribution in [3.05, 3.63) is 79.6 Å². The maximum atomic E-state index is 13.6. The van der Waals surface area contributed by atoms with Crippen LogP contribution in [0.4, 0.5) is 0 Å². The van der Waals surface area contributed by atoms with E-state index in [-0.39, 0.29) is 17.1 Å². The molecule has 1 saturated heterocycles. The average molecular weight is 527 g/mol. The molecule has 8 nitrogen and oxygen atoms in total. The Bertz CT molecular complexity index is 1310. The zero-order valence-corrected chi connectivity index (χ0v) is 20.2. The van der Waals surface area contributed by atoms with Gasteiger partial charge in [0, 0.05) is 30.7 Å². The summed E-state index contributed by atoms with van der Waals surface area (Å²) in [6.07, 6.45) is 0. The zero-order chi connectivity index (χ0) is 23.8. The largest absolute Gasteiger partial charge is 0.465 e. The molecule has 3 aromatic rings. The van der Waals surface area contributed by atoms with Crippen LogP contribution in [-0.2, 0) is 9.47 Å². The van der Waals surface area contributed by atoms with Gasteiger partial charge in [-0.25, -0.2) is 4.79 Å². The van der Waals surface area contributed by atoms with Gasteiger partial charge in [0.15, 0.2) is 5.43 Å². The topological polar surface area (TPSA) is 89.3 Å². The van der Waals surface area contributed by atoms with Crippen molar-refractivity contribution in [2.45, 2.75) is 6.04 Å². The summed E-state index contributed by atoms with van der Waals surface area (Å²) < 4.78 is 16.9. The van der Waals surface area contributed by atoms with E-state index in [1.54, 1.807) is 47.4 Å². The van der Waals surface area contributed by atoms with Crippen LogP contribution >= 0.6 is 15.9 Å². The van der Waals surface area contributed by atoms with Crippen LogP contribution in [0.5, 0.6) is 0 Å². The predicted molar refractivity (Wildman–Crippen MR) is 128 cm³/mol. The number of ether oxygens (including phenoxy) is 2. The van der Waals surface area contributed by atoms with E-state index in [0.29, 0.717) is 48.4 Å². The Morgan fingerprint density at radius 3 is 2.53 bits per heavy atom. The lowest BCUT2D eigenvalue weighted by Crippen LogP contribution is -2.42. The van der Waals surface area contributed by atoms with Gasteiger partial charge in [0.2, 0.25) is 5.76 Å². The maximum absolute atomic E-state index is 13.6. The highest BCUT2D eigenvalue weighted by Gasteiger charge is 2.42. The molecule has 1 fully saturated rings. The molecule has 0 N–H and O–H groups in total. The molecule has 0 saturated carbocycles. The first kappa shape index (κ1) is 22.8. The van der Waals surface area contributed by atoms with Gasteiger partial charge in [-0.2, -0.15) is 0 Å². The van der Waals surface area contributed by atoms with Crippen molar-refractivity contribution in [3.63, 3.8) is 0 Å². The van der Waals surface area contributed by atoms with E-state index in [2.05, 4.69) is 20.8 Å². The molecular weight excluding hydrogens is 504 g/mol. The SMILES string of the molecule is COC(=O)c1ccc(C2c3c(oc4ccc(Br)cc4c3=O)C(=O)N2CCN2CCOCC2)cc1. The maximum Gasteiger partial charge on any atom is 0.337 e. The molecular formula is C25H23BrN2O6. The van der Waals surface area contributed by atoms with Gasteiger partial charge >= 0.3 is 5.97 Å². The zero-order valence-electron chi connectivity index (χ0n) is 18.6. The van der Waals surface area contributed by atoms with Gasteiger partial charge in [-0.1, -0.05) is 28.1 Å². The molecule has 1 amide bonds. The van der Waals surface area contributed by atoms with Crippen LogP contribution in [0.15, 0.2) is 56.1 Å². The number of carbonyl (C=O) groups excluding carboxylic acids is 2. The first-order chi connectivity index (χ1) is 16.5. The Hall–Kier alpha value is -3.01. The van der Waals surface area contributed by atoms with E-state index in [4.69, 9.17) is 13.9 Å². The molecule has 2 aromatic carbocycles. The van der Waals surface area contributed by atoms with Crippen molar-refractivity contribution in [2.24, 2.45) is 0 Å². The van der Waals surface area contributed by atoms with Gasteiger partial charge in [0.1, 0.15) is 5.58 Å². The van der Waals surface area contributed by atoms with Gasteiger partial charge in [0.25, 0.3) is 5.91 Å². The van der Waals surface area contributed by atoms with E-state index < -0.39 is 12.0 Å². The fourth-order valence-electron chi connectivity index (χ4n) is 4.56. The first-order valence-electron chi connectivity index (χ1n) is 11.0. The lowest BCUT2D eigenvalue weighted by atomic mass is 9.97. The number of halogens is 1. The Kier molecular flexibility index (Phi) is 6.24. The summed E-state index contributed by atoms with van der Waals surface area (Å²) in [4.78, 5) is 42.9. The van der Waals surface area contributed by atoms with E-state index in [1.807, 2.05) is 0 Å². The number of nitrogens with zero attached hydrogens (tertiary/aromatic N) is 2. The van der Waals surface area contributed by atoms with E-state index in [9.17, 15) is 14.4 Å². The second-order valence-electron chi connectivity index (χ2n) is 8.28. The number of rotatable bonds is 5. The van der Waals surface area contributed by atoms with Crippen molar-refractivity contribution in [2.75, 3.05) is 46.5 Å². The number of esters is 1. The third kappa shape index (κ3) is 4.04. The minimum Gasteiger partial charge on any atom is -0.465 e. The van der Waals surface area contributed by atoms with Gasteiger partial charge in [0.05, 0.1) is 42.9 Å². The minimum atomic E-state index is -0.616. The minimum absolute atomic E-state index is 0.0730. The molecule has 0 bridgehead atoms. The number of hydrogen-bond acceptors (Lipinski definition) is 7. The standard InChI is InChI=1S/C25H23BrN2O6/c1-32-25(31)16-4-2-15(3-5-16)21-20-22(29)18-14-17(26)6-7-19(18)34-23(20)24(30)28(21)9-8-27-10-12-33-13-11-27/h2-7,14,21H,8-13H2,1H3. The quantitative estimate of drug-likeness (QED) is 0.471. The van der Waals surface area contributed by atoms with Crippen LogP contribution < -0.4 is 5.43 Å². The third-order valence-electron chi connectivity index (χ3n) is 6.34. The Labute approximate surface area is 204 Å². The van der Waals surface area contributed by atoms with Crippen molar-refractivity contribution in [1.29, 1.82) is 0 Å². The molecule has 0 aliphatic carbocycles. The highest BCUT2D eigenvalue weighted by Crippen LogP contribution is 2.38. The molecule has 2 aliphatic heterocycles. The monoisotopic (exact) mass is 526 g/mol. The second-order valence-corrected chi connectivity index (χ2v) is 9.20. The molecule has 2 aliphatic rings. The first-order valence-corrected chi connectivity index (χ1v) is 11.8. The van der Waals surface area contributed by atoms with Crippen LogP contribution in [0, 0.1) is 0 Å². The van der Waals surface area contributed by atoms with E-state index in [0.717, 1.165) is 23.1 Å². The lowest BCUT2D eigenvalue weighted by Gasteiger charge is -2.31. The highest BCUT2D eigenvalue weighted by molar-refractivity contribution is 9.10. The summed E-state index contributed by atoms with van der Waals surface area (Å²) in [6, 6.07) is 11.3. The van der Waals surface area contributed by atoms with Gasteiger partial charge in [-0.05, 0) is 35.9 Å². The fourth-order valence-corrected chi connectivity index (χ4v) is 4.92. The average Bonchev–Trinajstić information content (AvgIpc) is 3.15. The molecule has 176 valence electrons. The summed E-state index contributed by atoms with van der Waals surface area (Å²) in [5.41, 5.74) is 1.58. The summed E-state index contributed by atoms with van der Waals surface area (Å²) in [5.74, 6) is -0.690. The van der Waals surface area contributed by atoms with Crippen molar-refractivity contribution < 1.29 is 23.5 Å². The fraction of sp³-hybridized carbons (Fsp3) is 0.320. The third-order valence-corrected chi connectivity index (χ3v) is 6.83. The van der Waals surface area contributed by atoms with E-state index in [1.165, 1.54) is 7.11 Å². The van der Waals surface area contributed by atoms with Gasteiger partial charge < -0.3 is 18.8 Å². The van der Waals surface area contributed by atoms with Gasteiger partial charge in [-0.15, -0.1) is 0 Å². The number of fused-ring (bicyclic) bond motifs is 2. The molecule has 9 heteroatoms. The number of methoxy groups -OCH3 is 1. The summed E-state index contributed by atoms with van der Waals surface area (Å²) >= 11 is 3.41. The lowest BCUT2D eigenvalue weighted by molar-refractivity contribution is 0.0314. The summed E-state index contributed by atoms with van der Waals surface area (Å²) in [7, 11) is 1.32. The molecule has 34 heavy (non-hydrogen) atoms. The molecule has 0 radical (unpaired) electrons. The molecule has 1 unspecified atom stereocenters. The van der Waals surface area contributed by atoms with Crippen LogP contribution in [0.3, 0.4) is 0 Å². The van der Waals surface area contributed by atoms with Gasteiger partial charge in [-0.3, -0.25) is 14.5 Å². The molecule has 1 atom stereocenters. The molecule has 1 aromatic heterocycles. The number of benzene rings is 2.